The highest BCUT2D eigenvalue weighted by Crippen LogP contribution is 2.22. The number of amides is 1. The largest absolute Gasteiger partial charge is 0.444 e. The average Bonchev–Trinajstić information content (AvgIpc) is 2.46. The van der Waals surface area contributed by atoms with Gasteiger partial charge in [-0.1, -0.05) is 6.07 Å². The van der Waals surface area contributed by atoms with E-state index in [0.717, 1.165) is 24.8 Å². The summed E-state index contributed by atoms with van der Waals surface area (Å²) in [7, 11) is -1.21. The predicted octanol–water partition coefficient (Wildman–Crippen LogP) is 3.29. The number of likely N-dealkylation sites (tertiary alicyclic amines) is 1. The zero-order chi connectivity index (χ0) is 17.0. The highest BCUT2D eigenvalue weighted by Gasteiger charge is 2.31. The molecule has 0 bridgehead atoms. The number of nitrogens with zero attached hydrogens (tertiary/aromatic N) is 2. The molecule has 1 aromatic heterocycles. The molecule has 1 aliphatic rings. The van der Waals surface area contributed by atoms with Gasteiger partial charge in [-0.3, -0.25) is 4.21 Å². The lowest BCUT2D eigenvalue weighted by Crippen LogP contribution is -2.48. The molecular formula is C17H26N2O3S. The fourth-order valence-corrected chi connectivity index (χ4v) is 3.84. The monoisotopic (exact) mass is 338 g/mol. The summed E-state index contributed by atoms with van der Waals surface area (Å²) >= 11 is 0. The van der Waals surface area contributed by atoms with Crippen molar-refractivity contribution in [2.45, 2.75) is 63.6 Å². The molecule has 0 radical (unpaired) electrons. The number of aromatic nitrogens is 1. The van der Waals surface area contributed by atoms with Crippen molar-refractivity contribution in [1.82, 2.24) is 9.88 Å². The van der Waals surface area contributed by atoms with Crippen molar-refractivity contribution in [1.29, 1.82) is 0 Å². The van der Waals surface area contributed by atoms with Crippen LogP contribution in [0.3, 0.4) is 0 Å². The van der Waals surface area contributed by atoms with Gasteiger partial charge in [-0.15, -0.1) is 0 Å². The molecule has 0 spiro atoms. The SMILES string of the molecule is Cc1ccc(S(=O)CC2CCCCN2C(=O)OC(C)(C)C)nc1. The van der Waals surface area contributed by atoms with Crippen LogP contribution in [0.1, 0.15) is 45.6 Å². The van der Waals surface area contributed by atoms with Gasteiger partial charge in [0, 0.05) is 18.8 Å². The molecular weight excluding hydrogens is 312 g/mol. The lowest BCUT2D eigenvalue weighted by molar-refractivity contribution is 0.0125. The van der Waals surface area contributed by atoms with Gasteiger partial charge in [-0.25, -0.2) is 9.78 Å². The van der Waals surface area contributed by atoms with Crippen LogP contribution in [0, 0.1) is 6.92 Å². The van der Waals surface area contributed by atoms with Gasteiger partial charge in [0.25, 0.3) is 0 Å². The quantitative estimate of drug-likeness (QED) is 0.848. The van der Waals surface area contributed by atoms with Crippen molar-refractivity contribution in [3.63, 3.8) is 0 Å². The normalized spacial score (nSPS) is 20.2. The Labute approximate surface area is 140 Å². The highest BCUT2D eigenvalue weighted by atomic mass is 32.2. The first-order chi connectivity index (χ1) is 10.8. The zero-order valence-electron chi connectivity index (χ0n) is 14.4. The summed E-state index contributed by atoms with van der Waals surface area (Å²) in [5.74, 6) is 0.412. The number of pyridine rings is 1. The van der Waals surface area contributed by atoms with Crippen molar-refractivity contribution >= 4 is 16.9 Å². The van der Waals surface area contributed by atoms with E-state index in [4.69, 9.17) is 4.74 Å². The van der Waals surface area contributed by atoms with Crippen LogP contribution in [0.25, 0.3) is 0 Å². The molecule has 2 unspecified atom stereocenters. The number of carbonyl (C=O) groups excluding carboxylic acids is 1. The first-order valence-electron chi connectivity index (χ1n) is 8.07. The number of carbonyl (C=O) groups is 1. The van der Waals surface area contributed by atoms with E-state index in [-0.39, 0.29) is 12.1 Å². The predicted molar refractivity (Wildman–Crippen MR) is 90.8 cm³/mol. The highest BCUT2D eigenvalue weighted by molar-refractivity contribution is 7.85. The summed E-state index contributed by atoms with van der Waals surface area (Å²) in [5, 5.41) is 0.574. The maximum atomic E-state index is 12.5. The Morgan fingerprint density at radius 1 is 1.39 bits per heavy atom. The second kappa shape index (κ2) is 7.43. The lowest BCUT2D eigenvalue weighted by Gasteiger charge is -2.36. The molecule has 6 heteroatoms. The van der Waals surface area contributed by atoms with Crippen LogP contribution >= 0.6 is 0 Å². The van der Waals surface area contributed by atoms with Gasteiger partial charge in [0.2, 0.25) is 0 Å². The molecule has 1 saturated heterocycles. The van der Waals surface area contributed by atoms with E-state index in [1.165, 1.54) is 0 Å². The fraction of sp³-hybridized carbons (Fsp3) is 0.647. The van der Waals surface area contributed by atoms with Crippen LogP contribution in [0.15, 0.2) is 23.4 Å². The molecule has 2 heterocycles. The Balaban J connectivity index is 2.04. The average molecular weight is 338 g/mol. The van der Waals surface area contributed by atoms with E-state index in [0.29, 0.717) is 17.3 Å². The minimum absolute atomic E-state index is 0.0532. The molecule has 0 N–H and O–H groups in total. The molecule has 0 aliphatic carbocycles. The van der Waals surface area contributed by atoms with Gasteiger partial charge >= 0.3 is 6.09 Å². The van der Waals surface area contributed by atoms with Crippen LogP contribution < -0.4 is 0 Å². The van der Waals surface area contributed by atoms with Crippen molar-refractivity contribution < 1.29 is 13.7 Å². The zero-order valence-corrected chi connectivity index (χ0v) is 15.2. The number of hydrogen-bond donors (Lipinski definition) is 0. The third kappa shape index (κ3) is 5.30. The molecule has 128 valence electrons. The van der Waals surface area contributed by atoms with E-state index in [1.807, 2.05) is 33.8 Å². The molecule has 5 nitrogen and oxygen atoms in total. The molecule has 0 aromatic carbocycles. The molecule has 1 amide bonds. The number of rotatable bonds is 3. The van der Waals surface area contributed by atoms with Crippen molar-refractivity contribution in [2.75, 3.05) is 12.3 Å². The van der Waals surface area contributed by atoms with Gasteiger partial charge in [0.15, 0.2) is 0 Å². The molecule has 1 aliphatic heterocycles. The summed E-state index contributed by atoms with van der Waals surface area (Å²) in [5.41, 5.74) is 0.523. The first kappa shape index (κ1) is 17.9. The summed E-state index contributed by atoms with van der Waals surface area (Å²) in [6.07, 6.45) is 4.28. The summed E-state index contributed by atoms with van der Waals surface area (Å²) in [6, 6.07) is 3.65. The van der Waals surface area contributed by atoms with Crippen LogP contribution in [0.4, 0.5) is 4.79 Å². The van der Waals surface area contributed by atoms with Gasteiger partial charge in [0.05, 0.1) is 16.6 Å². The van der Waals surface area contributed by atoms with Crippen molar-refractivity contribution in [3.8, 4) is 0 Å². The van der Waals surface area contributed by atoms with Crippen LogP contribution in [0.5, 0.6) is 0 Å². The summed E-state index contributed by atoms with van der Waals surface area (Å²) in [4.78, 5) is 18.4. The lowest BCUT2D eigenvalue weighted by atomic mass is 10.0. The molecule has 1 aromatic rings. The Kier molecular flexibility index (Phi) is 5.79. The Morgan fingerprint density at radius 3 is 2.74 bits per heavy atom. The number of ether oxygens (including phenoxy) is 1. The maximum absolute atomic E-state index is 12.5. The Morgan fingerprint density at radius 2 is 2.13 bits per heavy atom. The van der Waals surface area contributed by atoms with Crippen LogP contribution in [-0.2, 0) is 15.5 Å². The smallest absolute Gasteiger partial charge is 0.410 e. The van der Waals surface area contributed by atoms with Gasteiger partial charge in [-0.2, -0.15) is 0 Å². The number of hydrogen-bond acceptors (Lipinski definition) is 4. The first-order valence-corrected chi connectivity index (χ1v) is 9.39. The maximum Gasteiger partial charge on any atom is 0.410 e. The minimum atomic E-state index is -1.21. The Hall–Kier alpha value is -1.43. The van der Waals surface area contributed by atoms with Gasteiger partial charge < -0.3 is 9.64 Å². The van der Waals surface area contributed by atoms with E-state index in [9.17, 15) is 9.00 Å². The van der Waals surface area contributed by atoms with Crippen LogP contribution in [-0.4, -0.2) is 44.1 Å². The third-order valence-corrected chi connectivity index (χ3v) is 5.11. The second-order valence-corrected chi connectivity index (χ2v) is 8.45. The molecule has 23 heavy (non-hydrogen) atoms. The molecule has 2 rings (SSSR count). The van der Waals surface area contributed by atoms with E-state index < -0.39 is 16.4 Å². The molecule has 0 saturated carbocycles. The molecule has 2 atom stereocenters. The third-order valence-electron chi connectivity index (χ3n) is 3.72. The number of piperidine rings is 1. The van der Waals surface area contributed by atoms with E-state index >= 15 is 0 Å². The van der Waals surface area contributed by atoms with E-state index in [1.54, 1.807) is 17.2 Å². The fourth-order valence-electron chi connectivity index (χ4n) is 2.58. The second-order valence-electron chi connectivity index (χ2n) is 7.01. The van der Waals surface area contributed by atoms with Crippen molar-refractivity contribution in [2.24, 2.45) is 0 Å². The van der Waals surface area contributed by atoms with Gasteiger partial charge in [-0.05, 0) is 58.6 Å². The Bertz CT molecular complexity index is 566. The molecule has 1 fully saturated rings. The number of aryl methyl sites for hydroxylation is 1. The summed E-state index contributed by atoms with van der Waals surface area (Å²) < 4.78 is 18.0. The van der Waals surface area contributed by atoms with Crippen molar-refractivity contribution in [3.05, 3.63) is 23.9 Å². The van der Waals surface area contributed by atoms with Gasteiger partial charge in [0.1, 0.15) is 10.6 Å². The summed E-state index contributed by atoms with van der Waals surface area (Å²) in [6.45, 7) is 8.19. The topological polar surface area (TPSA) is 59.5 Å². The van der Waals surface area contributed by atoms with E-state index in [2.05, 4.69) is 4.98 Å². The standard InChI is InChI=1S/C17H26N2O3S/c1-13-8-9-15(18-11-13)23(21)12-14-7-5-6-10-19(14)16(20)22-17(2,3)4/h8-9,11,14H,5-7,10,12H2,1-4H3. The van der Waals surface area contributed by atoms with Crippen LogP contribution in [0.2, 0.25) is 0 Å². The minimum Gasteiger partial charge on any atom is -0.444 e.